The predicted molar refractivity (Wildman–Crippen MR) is 89.9 cm³/mol. The Bertz CT molecular complexity index is 1010. The van der Waals surface area contributed by atoms with Gasteiger partial charge in [-0.3, -0.25) is 4.72 Å². The molecule has 1 aromatic carbocycles. The Morgan fingerprint density at radius 3 is 2.39 bits per heavy atom. The Labute approximate surface area is 134 Å². The van der Waals surface area contributed by atoms with Crippen molar-refractivity contribution in [1.82, 2.24) is 10.1 Å². The summed E-state index contributed by atoms with van der Waals surface area (Å²) in [5.74, 6) is 0.616. The summed E-state index contributed by atoms with van der Waals surface area (Å²) in [5.41, 5.74) is 4.72. The van der Waals surface area contributed by atoms with E-state index in [1.807, 2.05) is 32.9 Å². The van der Waals surface area contributed by atoms with Crippen LogP contribution in [0.3, 0.4) is 0 Å². The van der Waals surface area contributed by atoms with Gasteiger partial charge < -0.3 is 4.52 Å². The number of anilines is 1. The Hall–Kier alpha value is -2.41. The largest absolute Gasteiger partial charge is 0.354 e. The molecule has 23 heavy (non-hydrogen) atoms. The van der Waals surface area contributed by atoms with Gasteiger partial charge in [0.15, 0.2) is 5.76 Å². The van der Waals surface area contributed by atoms with Crippen LogP contribution in [-0.4, -0.2) is 24.8 Å². The van der Waals surface area contributed by atoms with Crippen molar-refractivity contribution in [2.24, 2.45) is 0 Å². The molecule has 0 aliphatic heterocycles. The molecule has 0 fully saturated rings. The van der Waals surface area contributed by atoms with Crippen LogP contribution in [0.1, 0.15) is 16.8 Å². The molecule has 2 aromatic heterocycles. The highest BCUT2D eigenvalue weighted by molar-refractivity contribution is 7.92. The lowest BCUT2D eigenvalue weighted by Gasteiger charge is -2.11. The van der Waals surface area contributed by atoms with Crippen LogP contribution in [-0.2, 0) is 10.0 Å². The summed E-state index contributed by atoms with van der Waals surface area (Å²) < 4.78 is 30.6. The Morgan fingerprint density at radius 1 is 1.04 bits per heavy atom. The first-order valence-electron chi connectivity index (χ1n) is 7.06. The fourth-order valence-corrected chi connectivity index (χ4v) is 3.09. The van der Waals surface area contributed by atoms with E-state index in [-0.39, 0.29) is 0 Å². The molecule has 6 nitrogen and oxygen atoms in total. The minimum absolute atomic E-state index is 0.533. The van der Waals surface area contributed by atoms with Gasteiger partial charge >= 0.3 is 0 Å². The summed E-state index contributed by atoms with van der Waals surface area (Å²) in [6, 6.07) is 7.31. The maximum absolute atomic E-state index is 11.4. The van der Waals surface area contributed by atoms with Crippen molar-refractivity contribution in [3.63, 3.8) is 0 Å². The Morgan fingerprint density at radius 2 is 1.78 bits per heavy atom. The minimum atomic E-state index is -3.32. The van der Waals surface area contributed by atoms with Crippen molar-refractivity contribution in [3.8, 4) is 11.5 Å². The molecular weight excluding hydrogens is 314 g/mol. The molecule has 0 unspecified atom stereocenters. The molecule has 0 amide bonds. The molecule has 7 heteroatoms. The van der Waals surface area contributed by atoms with Crippen LogP contribution >= 0.6 is 0 Å². The summed E-state index contributed by atoms with van der Waals surface area (Å²) >= 11 is 0. The maximum atomic E-state index is 11.4. The van der Waals surface area contributed by atoms with Gasteiger partial charge in [-0.1, -0.05) is 5.16 Å². The van der Waals surface area contributed by atoms with Crippen LogP contribution in [0.25, 0.3) is 22.4 Å². The predicted octanol–water partition coefficient (Wildman–Crippen LogP) is 3.19. The number of nitrogens with one attached hydrogen (secondary N) is 1. The summed E-state index contributed by atoms with van der Waals surface area (Å²) in [7, 11) is -3.32. The number of aromatic nitrogens is 2. The van der Waals surface area contributed by atoms with Gasteiger partial charge in [-0.25, -0.2) is 13.4 Å². The molecule has 0 radical (unpaired) electrons. The van der Waals surface area contributed by atoms with Crippen LogP contribution in [0.15, 0.2) is 28.8 Å². The van der Waals surface area contributed by atoms with Crippen LogP contribution < -0.4 is 4.72 Å². The first-order valence-corrected chi connectivity index (χ1v) is 8.95. The molecule has 0 saturated carbocycles. The van der Waals surface area contributed by atoms with Crippen molar-refractivity contribution in [2.45, 2.75) is 20.8 Å². The molecule has 0 saturated heterocycles. The number of hydrogen-bond acceptors (Lipinski definition) is 5. The number of pyridine rings is 1. The summed E-state index contributed by atoms with van der Waals surface area (Å²) in [4.78, 5) is 4.65. The first-order chi connectivity index (χ1) is 10.7. The van der Waals surface area contributed by atoms with Crippen LogP contribution in [0.5, 0.6) is 0 Å². The summed E-state index contributed by atoms with van der Waals surface area (Å²) in [6.07, 6.45) is 1.13. The standard InChI is InChI=1S/C16H17N3O3S/c1-9-6-14(15-7-11(3)18-22-15)17-16-10(2)5-12(8-13(9)16)19-23(4,20)21/h5-8,19H,1-4H3. The van der Waals surface area contributed by atoms with E-state index in [1.165, 1.54) is 0 Å². The quantitative estimate of drug-likeness (QED) is 0.796. The third kappa shape index (κ3) is 3.19. The van der Waals surface area contributed by atoms with Crippen LogP contribution in [0.4, 0.5) is 5.69 Å². The molecule has 3 rings (SSSR count). The van der Waals surface area contributed by atoms with Crippen LogP contribution in [0.2, 0.25) is 0 Å². The summed E-state index contributed by atoms with van der Waals surface area (Å²) in [6.45, 7) is 5.72. The number of rotatable bonds is 3. The van der Waals surface area contributed by atoms with Gasteiger partial charge in [0.25, 0.3) is 0 Å². The molecule has 0 aliphatic rings. The van der Waals surface area contributed by atoms with E-state index in [4.69, 9.17) is 4.52 Å². The topological polar surface area (TPSA) is 85.1 Å². The lowest BCUT2D eigenvalue weighted by molar-refractivity contribution is 0.426. The normalized spacial score (nSPS) is 11.8. The molecule has 3 aromatic rings. The summed E-state index contributed by atoms with van der Waals surface area (Å²) in [5, 5.41) is 4.79. The van der Waals surface area contributed by atoms with E-state index in [9.17, 15) is 8.42 Å². The number of nitrogens with zero attached hydrogens (tertiary/aromatic N) is 2. The monoisotopic (exact) mass is 331 g/mol. The second-order valence-corrected chi connectivity index (χ2v) is 7.47. The Kier molecular flexibility index (Phi) is 3.60. The van der Waals surface area contributed by atoms with Gasteiger partial charge in [-0.2, -0.15) is 0 Å². The molecule has 0 aliphatic carbocycles. The van der Waals surface area contributed by atoms with Gasteiger partial charge in [-0.05, 0) is 50.1 Å². The zero-order chi connectivity index (χ0) is 16.8. The van der Waals surface area contributed by atoms with Gasteiger partial charge in [0.2, 0.25) is 10.0 Å². The lowest BCUT2D eigenvalue weighted by Crippen LogP contribution is -2.09. The number of sulfonamides is 1. The van der Waals surface area contributed by atoms with E-state index >= 15 is 0 Å². The third-order valence-corrected chi connectivity index (χ3v) is 4.10. The fraction of sp³-hybridized carbons (Fsp3) is 0.250. The average molecular weight is 331 g/mol. The highest BCUT2D eigenvalue weighted by atomic mass is 32.2. The lowest BCUT2D eigenvalue weighted by atomic mass is 10.0. The maximum Gasteiger partial charge on any atom is 0.229 e. The van der Waals surface area contributed by atoms with E-state index in [0.717, 1.165) is 34.0 Å². The average Bonchev–Trinajstić information content (AvgIpc) is 2.84. The van der Waals surface area contributed by atoms with E-state index in [0.29, 0.717) is 17.1 Å². The molecule has 0 spiro atoms. The second kappa shape index (κ2) is 5.34. The zero-order valence-corrected chi connectivity index (χ0v) is 14.2. The highest BCUT2D eigenvalue weighted by Gasteiger charge is 2.12. The molecular formula is C16H17N3O3S. The second-order valence-electron chi connectivity index (χ2n) is 5.72. The third-order valence-electron chi connectivity index (χ3n) is 3.49. The van der Waals surface area contributed by atoms with Crippen molar-refractivity contribution in [3.05, 3.63) is 41.1 Å². The molecule has 0 bridgehead atoms. The zero-order valence-electron chi connectivity index (χ0n) is 13.3. The van der Waals surface area contributed by atoms with Crippen molar-refractivity contribution >= 4 is 26.6 Å². The van der Waals surface area contributed by atoms with Gasteiger partial charge in [-0.15, -0.1) is 0 Å². The van der Waals surface area contributed by atoms with E-state index < -0.39 is 10.0 Å². The van der Waals surface area contributed by atoms with E-state index in [2.05, 4.69) is 14.9 Å². The first kappa shape index (κ1) is 15.5. The van der Waals surface area contributed by atoms with Crippen molar-refractivity contribution in [2.75, 3.05) is 11.0 Å². The molecule has 120 valence electrons. The van der Waals surface area contributed by atoms with Gasteiger partial charge in [0, 0.05) is 17.1 Å². The number of benzene rings is 1. The minimum Gasteiger partial charge on any atom is -0.354 e. The van der Waals surface area contributed by atoms with Crippen molar-refractivity contribution in [1.29, 1.82) is 0 Å². The number of fused-ring (bicyclic) bond motifs is 1. The Balaban J connectivity index is 2.18. The van der Waals surface area contributed by atoms with Gasteiger partial charge in [0.05, 0.1) is 17.5 Å². The highest BCUT2D eigenvalue weighted by Crippen LogP contribution is 2.29. The smallest absolute Gasteiger partial charge is 0.229 e. The molecule has 0 atom stereocenters. The number of aryl methyl sites for hydroxylation is 3. The van der Waals surface area contributed by atoms with Gasteiger partial charge in [0.1, 0.15) is 5.69 Å². The van der Waals surface area contributed by atoms with Crippen molar-refractivity contribution < 1.29 is 12.9 Å². The molecule has 2 heterocycles. The molecule has 1 N–H and O–H groups in total. The number of hydrogen-bond donors (Lipinski definition) is 1. The fourth-order valence-electron chi connectivity index (χ4n) is 2.55. The van der Waals surface area contributed by atoms with Crippen LogP contribution in [0, 0.1) is 20.8 Å². The SMILES string of the molecule is Cc1cc(-c2cc(C)c3cc(NS(C)(=O)=O)cc(C)c3n2)on1. The van der Waals surface area contributed by atoms with E-state index in [1.54, 1.807) is 12.1 Å².